The molecule has 2 aliphatic rings. The molecule has 1 saturated carbocycles. The van der Waals surface area contributed by atoms with E-state index in [0.717, 1.165) is 74.2 Å². The van der Waals surface area contributed by atoms with Crippen LogP contribution >= 0.6 is 0 Å². The van der Waals surface area contributed by atoms with Crippen LogP contribution < -0.4 is 15.8 Å². The Hall–Kier alpha value is -3.71. The first kappa shape index (κ1) is 22.7. The summed E-state index contributed by atoms with van der Waals surface area (Å²) in [6.07, 6.45) is 6.77. The quantitative estimate of drug-likeness (QED) is 0.414. The fourth-order valence-electron chi connectivity index (χ4n) is 5.39. The van der Waals surface area contributed by atoms with Gasteiger partial charge in [0.15, 0.2) is 0 Å². The highest BCUT2D eigenvalue weighted by Gasteiger charge is 2.23. The normalized spacial score (nSPS) is 16.5. The summed E-state index contributed by atoms with van der Waals surface area (Å²) in [6.45, 7) is 3.35. The zero-order chi connectivity index (χ0) is 24.3. The molecule has 7 heteroatoms. The van der Waals surface area contributed by atoms with Crippen molar-refractivity contribution in [1.82, 2.24) is 14.5 Å². The van der Waals surface area contributed by atoms with Gasteiger partial charge in [-0.15, -0.1) is 0 Å². The molecule has 1 N–H and O–H groups in total. The smallest absolute Gasteiger partial charge is 0.256 e. The summed E-state index contributed by atoms with van der Waals surface area (Å²) in [5, 5.41) is 4.24. The van der Waals surface area contributed by atoms with E-state index in [2.05, 4.69) is 39.5 Å². The van der Waals surface area contributed by atoms with E-state index >= 15 is 0 Å². The van der Waals surface area contributed by atoms with Crippen LogP contribution in [-0.2, 0) is 11.2 Å². The van der Waals surface area contributed by atoms with Crippen LogP contribution in [0.15, 0.2) is 71.7 Å². The van der Waals surface area contributed by atoms with Crippen LogP contribution in [0.25, 0.3) is 11.0 Å². The molecule has 0 amide bonds. The van der Waals surface area contributed by atoms with Crippen molar-refractivity contribution in [2.75, 3.05) is 36.5 Å². The SMILES string of the molecule is O=c1c(Cc2ccccc2)cc2cnc(Nc3ccc(N4CCOCC4)cc3)nc2n1C1CCCC1. The lowest BCUT2D eigenvalue weighted by atomic mass is 10.0. The second-order valence-electron chi connectivity index (χ2n) is 9.69. The third kappa shape index (κ3) is 4.71. The fourth-order valence-corrected chi connectivity index (χ4v) is 5.39. The van der Waals surface area contributed by atoms with Gasteiger partial charge in [0, 0.05) is 54.1 Å². The predicted octanol–water partition coefficient (Wildman–Crippen LogP) is 5.08. The standard InChI is InChI=1S/C29H31N5O2/c35-28-22(18-21-6-2-1-3-7-21)19-23-20-30-29(32-27(23)34(28)26-8-4-5-9-26)31-24-10-12-25(13-11-24)33-14-16-36-17-15-33/h1-3,6-7,10-13,19-20,26H,4-5,8-9,14-18H2,(H,30,31,32). The molecule has 3 heterocycles. The number of pyridine rings is 1. The number of rotatable bonds is 6. The van der Waals surface area contributed by atoms with Crippen molar-refractivity contribution >= 4 is 28.4 Å². The van der Waals surface area contributed by atoms with Crippen molar-refractivity contribution in [2.45, 2.75) is 38.1 Å². The minimum absolute atomic E-state index is 0.0674. The lowest BCUT2D eigenvalue weighted by Gasteiger charge is -2.28. The maximum absolute atomic E-state index is 13.7. The first-order chi connectivity index (χ1) is 17.7. The lowest BCUT2D eigenvalue weighted by Crippen LogP contribution is -2.36. The molecular weight excluding hydrogens is 450 g/mol. The highest BCUT2D eigenvalue weighted by Crippen LogP contribution is 2.31. The van der Waals surface area contributed by atoms with E-state index in [1.807, 2.05) is 47.2 Å². The Labute approximate surface area is 210 Å². The summed E-state index contributed by atoms with van der Waals surface area (Å²) in [5.41, 5.74) is 4.81. The summed E-state index contributed by atoms with van der Waals surface area (Å²) in [7, 11) is 0. The first-order valence-corrected chi connectivity index (χ1v) is 12.9. The molecule has 0 atom stereocenters. The molecule has 2 aromatic heterocycles. The van der Waals surface area contributed by atoms with Crippen LogP contribution in [0.2, 0.25) is 0 Å². The monoisotopic (exact) mass is 481 g/mol. The second kappa shape index (κ2) is 10.1. The number of morpholine rings is 1. The maximum atomic E-state index is 13.7. The van der Waals surface area contributed by atoms with Gasteiger partial charge in [-0.1, -0.05) is 43.2 Å². The molecule has 1 aliphatic carbocycles. The average Bonchev–Trinajstić information content (AvgIpc) is 3.45. The van der Waals surface area contributed by atoms with Crippen LogP contribution in [0.1, 0.15) is 42.9 Å². The van der Waals surface area contributed by atoms with Gasteiger partial charge in [0.1, 0.15) is 5.65 Å². The Bertz CT molecular complexity index is 1390. The van der Waals surface area contributed by atoms with Crippen molar-refractivity contribution in [3.8, 4) is 0 Å². The summed E-state index contributed by atoms with van der Waals surface area (Å²) in [6, 6.07) is 20.6. The zero-order valence-corrected chi connectivity index (χ0v) is 20.4. The van der Waals surface area contributed by atoms with Crippen molar-refractivity contribution in [2.24, 2.45) is 0 Å². The number of benzene rings is 2. The van der Waals surface area contributed by atoms with Gasteiger partial charge < -0.3 is 15.0 Å². The van der Waals surface area contributed by atoms with Crippen molar-refractivity contribution in [3.05, 3.63) is 88.3 Å². The van der Waals surface area contributed by atoms with E-state index in [1.54, 1.807) is 0 Å². The van der Waals surface area contributed by atoms with Gasteiger partial charge in [0.05, 0.1) is 13.2 Å². The number of ether oxygens (including phenoxy) is 1. The van der Waals surface area contributed by atoms with E-state index in [1.165, 1.54) is 5.69 Å². The minimum Gasteiger partial charge on any atom is -0.378 e. The number of nitrogens with one attached hydrogen (secondary N) is 1. The molecule has 7 nitrogen and oxygen atoms in total. The van der Waals surface area contributed by atoms with Gasteiger partial charge in [0.25, 0.3) is 5.56 Å². The third-order valence-electron chi connectivity index (χ3n) is 7.27. The van der Waals surface area contributed by atoms with Gasteiger partial charge in [-0.05, 0) is 48.7 Å². The van der Waals surface area contributed by atoms with Crippen LogP contribution in [-0.4, -0.2) is 40.8 Å². The number of anilines is 3. The molecule has 2 fully saturated rings. The number of hydrogen-bond acceptors (Lipinski definition) is 6. The Balaban J connectivity index is 1.32. The molecule has 0 spiro atoms. The minimum atomic E-state index is 0.0674. The molecule has 36 heavy (non-hydrogen) atoms. The Morgan fingerprint density at radius 1 is 0.972 bits per heavy atom. The van der Waals surface area contributed by atoms with Crippen molar-refractivity contribution < 1.29 is 4.74 Å². The van der Waals surface area contributed by atoms with Gasteiger partial charge in [-0.25, -0.2) is 4.98 Å². The summed E-state index contributed by atoms with van der Waals surface area (Å²) >= 11 is 0. The number of aromatic nitrogens is 3. The molecule has 1 saturated heterocycles. The molecule has 4 aromatic rings. The second-order valence-corrected chi connectivity index (χ2v) is 9.69. The largest absolute Gasteiger partial charge is 0.378 e. The number of nitrogens with zero attached hydrogens (tertiary/aromatic N) is 4. The molecule has 6 rings (SSSR count). The number of fused-ring (bicyclic) bond motifs is 1. The topological polar surface area (TPSA) is 72.3 Å². The number of hydrogen-bond donors (Lipinski definition) is 1. The fraction of sp³-hybridized carbons (Fsp3) is 0.345. The highest BCUT2D eigenvalue weighted by atomic mass is 16.5. The summed E-state index contributed by atoms with van der Waals surface area (Å²) < 4.78 is 7.40. The third-order valence-corrected chi connectivity index (χ3v) is 7.27. The van der Waals surface area contributed by atoms with E-state index < -0.39 is 0 Å². The van der Waals surface area contributed by atoms with E-state index in [0.29, 0.717) is 18.0 Å². The average molecular weight is 482 g/mol. The zero-order valence-electron chi connectivity index (χ0n) is 20.4. The molecule has 1 aliphatic heterocycles. The maximum Gasteiger partial charge on any atom is 0.256 e. The van der Waals surface area contributed by atoms with Gasteiger partial charge in [0.2, 0.25) is 5.95 Å². The Morgan fingerprint density at radius 2 is 1.72 bits per heavy atom. The lowest BCUT2D eigenvalue weighted by molar-refractivity contribution is 0.122. The molecule has 0 unspecified atom stereocenters. The van der Waals surface area contributed by atoms with Crippen LogP contribution in [0.3, 0.4) is 0 Å². The van der Waals surface area contributed by atoms with Crippen molar-refractivity contribution in [3.63, 3.8) is 0 Å². The van der Waals surface area contributed by atoms with Crippen LogP contribution in [0, 0.1) is 0 Å². The highest BCUT2D eigenvalue weighted by molar-refractivity contribution is 5.77. The molecular formula is C29H31N5O2. The van der Waals surface area contributed by atoms with Gasteiger partial charge >= 0.3 is 0 Å². The van der Waals surface area contributed by atoms with E-state index in [9.17, 15) is 4.79 Å². The van der Waals surface area contributed by atoms with Crippen LogP contribution in [0.4, 0.5) is 17.3 Å². The Morgan fingerprint density at radius 3 is 2.47 bits per heavy atom. The molecule has 184 valence electrons. The summed E-state index contributed by atoms with van der Waals surface area (Å²) in [5.74, 6) is 0.503. The van der Waals surface area contributed by atoms with Crippen LogP contribution in [0.5, 0.6) is 0 Å². The van der Waals surface area contributed by atoms with Gasteiger partial charge in [-0.2, -0.15) is 4.98 Å². The van der Waals surface area contributed by atoms with E-state index in [4.69, 9.17) is 9.72 Å². The van der Waals surface area contributed by atoms with Crippen molar-refractivity contribution in [1.29, 1.82) is 0 Å². The Kier molecular flexibility index (Phi) is 6.38. The molecule has 2 aromatic carbocycles. The predicted molar refractivity (Wildman–Crippen MR) is 143 cm³/mol. The summed E-state index contributed by atoms with van der Waals surface area (Å²) in [4.78, 5) is 25.5. The molecule has 0 radical (unpaired) electrons. The first-order valence-electron chi connectivity index (χ1n) is 12.9. The van der Waals surface area contributed by atoms with E-state index in [-0.39, 0.29) is 11.6 Å². The van der Waals surface area contributed by atoms with Gasteiger partial charge in [-0.3, -0.25) is 9.36 Å². The molecule has 0 bridgehead atoms.